The Balaban J connectivity index is 1.40. The molecular formula is C19H18FN7OS. The number of pyridine rings is 1. The first-order chi connectivity index (χ1) is 14.0. The lowest BCUT2D eigenvalue weighted by Crippen LogP contribution is -2.47. The number of hydrogen-bond acceptors (Lipinski definition) is 7. The molecule has 2 aliphatic heterocycles. The standard InChI is InChI=1S/C19H18FN7OS/c1-9-7-22-27(26-9)16-6-15(28)13(8-21-16)19-25-24-18(29-19)10(2)12-5-11-3-4-14(23-11)17(12)20/h3-4,6-8,11-12,14,17,23H,2,5H2,1H3,(H,21,28)/t11-,12+,14+,17+/m0/s1. The largest absolute Gasteiger partial charge is 0.344 e. The van der Waals surface area contributed by atoms with Gasteiger partial charge in [-0.05, 0) is 18.9 Å². The molecule has 2 N–H and O–H groups in total. The number of aromatic nitrogens is 6. The summed E-state index contributed by atoms with van der Waals surface area (Å²) in [5.74, 6) is 0.135. The summed E-state index contributed by atoms with van der Waals surface area (Å²) in [5.41, 5.74) is 1.54. The third-order valence-electron chi connectivity index (χ3n) is 5.29. The van der Waals surface area contributed by atoms with Crippen LogP contribution >= 0.6 is 11.3 Å². The molecule has 3 aromatic heterocycles. The Morgan fingerprint density at radius 3 is 3.00 bits per heavy atom. The summed E-state index contributed by atoms with van der Waals surface area (Å²) in [6.07, 6.45) is 6.63. The molecule has 4 atom stereocenters. The zero-order chi connectivity index (χ0) is 20.1. The van der Waals surface area contributed by atoms with Gasteiger partial charge in [0, 0.05) is 24.2 Å². The number of nitrogens with zero attached hydrogens (tertiary/aromatic N) is 5. The maximum absolute atomic E-state index is 14.8. The van der Waals surface area contributed by atoms with Crippen LogP contribution in [-0.2, 0) is 0 Å². The van der Waals surface area contributed by atoms with Gasteiger partial charge in [0.2, 0.25) is 0 Å². The molecule has 29 heavy (non-hydrogen) atoms. The second-order valence-electron chi connectivity index (χ2n) is 7.28. The van der Waals surface area contributed by atoms with Crippen LogP contribution in [0.2, 0.25) is 0 Å². The van der Waals surface area contributed by atoms with Gasteiger partial charge in [-0.15, -0.1) is 15.0 Å². The van der Waals surface area contributed by atoms with E-state index >= 15 is 0 Å². The van der Waals surface area contributed by atoms with Gasteiger partial charge in [-0.3, -0.25) is 4.79 Å². The highest BCUT2D eigenvalue weighted by Gasteiger charge is 2.41. The van der Waals surface area contributed by atoms with Gasteiger partial charge in [-0.2, -0.15) is 10.2 Å². The van der Waals surface area contributed by atoms with Crippen LogP contribution in [0.1, 0.15) is 17.1 Å². The molecule has 0 spiro atoms. The van der Waals surface area contributed by atoms with Crippen molar-refractivity contribution in [2.75, 3.05) is 0 Å². The van der Waals surface area contributed by atoms with Crippen LogP contribution in [0.25, 0.3) is 22.0 Å². The molecule has 1 fully saturated rings. The Morgan fingerprint density at radius 2 is 2.24 bits per heavy atom. The van der Waals surface area contributed by atoms with Gasteiger partial charge in [-0.25, -0.2) is 4.39 Å². The van der Waals surface area contributed by atoms with E-state index < -0.39 is 6.17 Å². The Morgan fingerprint density at radius 1 is 1.38 bits per heavy atom. The number of fused-ring (bicyclic) bond motifs is 2. The maximum Gasteiger partial charge on any atom is 0.194 e. The van der Waals surface area contributed by atoms with E-state index in [4.69, 9.17) is 0 Å². The molecule has 0 aliphatic carbocycles. The summed E-state index contributed by atoms with van der Waals surface area (Å²) in [4.78, 5) is 17.0. The van der Waals surface area contributed by atoms with E-state index in [0.29, 0.717) is 33.4 Å². The summed E-state index contributed by atoms with van der Waals surface area (Å²) in [6.45, 7) is 5.90. The molecule has 0 amide bonds. The average Bonchev–Trinajstić information content (AvgIpc) is 3.44. The predicted octanol–water partition coefficient (Wildman–Crippen LogP) is 2.05. The highest BCUT2D eigenvalue weighted by Crippen LogP contribution is 2.39. The van der Waals surface area contributed by atoms with Crippen LogP contribution in [-0.4, -0.2) is 48.4 Å². The lowest BCUT2D eigenvalue weighted by Gasteiger charge is -2.33. The normalized spacial score (nSPS) is 25.4. The maximum atomic E-state index is 14.8. The molecule has 0 aromatic carbocycles. The zero-order valence-electron chi connectivity index (χ0n) is 15.5. The van der Waals surface area contributed by atoms with Gasteiger partial charge in [-0.1, -0.05) is 30.1 Å². The van der Waals surface area contributed by atoms with Crippen molar-refractivity contribution < 1.29 is 4.39 Å². The molecule has 8 nitrogen and oxygen atoms in total. The van der Waals surface area contributed by atoms with Gasteiger partial charge >= 0.3 is 0 Å². The monoisotopic (exact) mass is 411 g/mol. The van der Waals surface area contributed by atoms with Gasteiger partial charge in [0.1, 0.15) is 11.2 Å². The van der Waals surface area contributed by atoms with Gasteiger partial charge in [0.15, 0.2) is 16.3 Å². The lowest BCUT2D eigenvalue weighted by molar-refractivity contribution is 0.179. The Bertz CT molecular complexity index is 1180. The van der Waals surface area contributed by atoms with Crippen LogP contribution in [0.5, 0.6) is 0 Å². The van der Waals surface area contributed by atoms with E-state index in [1.54, 1.807) is 12.4 Å². The van der Waals surface area contributed by atoms with E-state index in [-0.39, 0.29) is 23.4 Å². The summed E-state index contributed by atoms with van der Waals surface area (Å²) < 4.78 is 14.8. The Hall–Kier alpha value is -2.98. The number of aryl methyl sites for hydroxylation is 1. The van der Waals surface area contributed by atoms with Gasteiger partial charge in [0.25, 0.3) is 0 Å². The average molecular weight is 411 g/mol. The Labute approximate surface area is 169 Å². The second-order valence-corrected chi connectivity index (χ2v) is 8.26. The molecule has 10 heteroatoms. The number of hydrogen-bond donors (Lipinski definition) is 2. The summed E-state index contributed by atoms with van der Waals surface area (Å²) in [7, 11) is 0. The first kappa shape index (κ1) is 18.1. The van der Waals surface area contributed by atoms with Crippen LogP contribution in [0, 0.1) is 12.8 Å². The molecule has 3 aromatic rings. The summed E-state index contributed by atoms with van der Waals surface area (Å²) >= 11 is 1.25. The van der Waals surface area contributed by atoms with Crippen molar-refractivity contribution in [2.45, 2.75) is 31.6 Å². The molecule has 2 bridgehead atoms. The highest BCUT2D eigenvalue weighted by atomic mass is 32.1. The van der Waals surface area contributed by atoms with Crippen molar-refractivity contribution in [1.82, 2.24) is 35.5 Å². The molecule has 0 saturated carbocycles. The number of rotatable bonds is 4. The summed E-state index contributed by atoms with van der Waals surface area (Å²) in [6, 6.07) is 1.30. The van der Waals surface area contributed by atoms with Crippen molar-refractivity contribution in [3.8, 4) is 16.4 Å². The topological polar surface area (TPSA) is 101 Å². The lowest BCUT2D eigenvalue weighted by atomic mass is 9.85. The van der Waals surface area contributed by atoms with Crippen LogP contribution in [0.3, 0.4) is 0 Å². The third kappa shape index (κ3) is 3.14. The fourth-order valence-corrected chi connectivity index (χ4v) is 4.66. The number of piperidine rings is 1. The molecule has 2 aliphatic rings. The number of allylic oxidation sites excluding steroid dienone is 1. The minimum Gasteiger partial charge on any atom is -0.344 e. The first-order valence-corrected chi connectivity index (χ1v) is 10.0. The van der Waals surface area contributed by atoms with Crippen LogP contribution in [0.4, 0.5) is 4.39 Å². The fraction of sp³-hybridized carbons (Fsp3) is 0.316. The molecular weight excluding hydrogens is 393 g/mol. The molecule has 1 saturated heterocycles. The molecule has 5 rings (SSSR count). The van der Waals surface area contributed by atoms with Crippen molar-refractivity contribution in [3.63, 3.8) is 0 Å². The predicted molar refractivity (Wildman–Crippen MR) is 108 cm³/mol. The number of aromatic amines is 1. The number of nitrogens with one attached hydrogen (secondary N) is 2. The quantitative estimate of drug-likeness (QED) is 0.637. The second kappa shape index (κ2) is 6.82. The van der Waals surface area contributed by atoms with Crippen molar-refractivity contribution in [3.05, 3.63) is 58.1 Å². The fourth-order valence-electron chi connectivity index (χ4n) is 3.76. The van der Waals surface area contributed by atoms with Crippen LogP contribution in [0.15, 0.2) is 42.0 Å². The van der Waals surface area contributed by atoms with Gasteiger partial charge in [0.05, 0.1) is 23.5 Å². The first-order valence-electron chi connectivity index (χ1n) is 9.23. The smallest absolute Gasteiger partial charge is 0.194 e. The Kier molecular flexibility index (Phi) is 4.25. The van der Waals surface area contributed by atoms with Crippen molar-refractivity contribution in [2.24, 2.45) is 5.92 Å². The van der Waals surface area contributed by atoms with E-state index in [2.05, 4.69) is 37.3 Å². The minimum absolute atomic E-state index is 0.163. The number of halogens is 1. The van der Waals surface area contributed by atoms with Gasteiger partial charge < -0.3 is 10.3 Å². The molecule has 0 unspecified atom stereocenters. The zero-order valence-corrected chi connectivity index (χ0v) is 16.4. The number of alkyl halides is 1. The van der Waals surface area contributed by atoms with Crippen molar-refractivity contribution >= 4 is 16.9 Å². The third-order valence-corrected chi connectivity index (χ3v) is 6.32. The number of H-pyrrole nitrogens is 1. The minimum atomic E-state index is -1.06. The summed E-state index contributed by atoms with van der Waals surface area (Å²) in [5, 5.41) is 20.8. The SMILES string of the molecule is C=C(c1nnc(-c2c[nH]c(-n3ncc(C)n3)cc2=O)s1)[C@H]1C[C@@H]2C=C[C@@H](N2)[C@@H]1F. The molecule has 0 radical (unpaired) electrons. The van der Waals surface area contributed by atoms with E-state index in [0.717, 1.165) is 5.69 Å². The van der Waals surface area contributed by atoms with E-state index in [1.165, 1.54) is 22.2 Å². The van der Waals surface area contributed by atoms with Crippen LogP contribution < -0.4 is 10.7 Å². The van der Waals surface area contributed by atoms with E-state index in [1.807, 2.05) is 19.1 Å². The molecule has 148 valence electrons. The molecule has 5 heterocycles. The van der Waals surface area contributed by atoms with E-state index in [9.17, 15) is 9.18 Å². The highest BCUT2D eigenvalue weighted by molar-refractivity contribution is 7.15. The van der Waals surface area contributed by atoms with Crippen molar-refractivity contribution in [1.29, 1.82) is 0 Å².